The summed E-state index contributed by atoms with van der Waals surface area (Å²) in [5.74, 6) is 0.580. The minimum Gasteiger partial charge on any atom is -0.496 e. The lowest BCUT2D eigenvalue weighted by Gasteiger charge is -2.13. The Hall–Kier alpha value is -2.04. The number of nitrogens with one attached hydrogen (secondary N) is 2. The molecule has 0 saturated carbocycles. The number of carbonyl (C=O) groups excluding carboxylic acids is 2. The summed E-state index contributed by atoms with van der Waals surface area (Å²) in [6.45, 7) is 2.03. The molecular weight excluding hydrogens is 244 g/mol. The van der Waals surface area contributed by atoms with Gasteiger partial charge in [0.2, 0.25) is 11.8 Å². The van der Waals surface area contributed by atoms with E-state index in [2.05, 4.69) is 10.6 Å². The Morgan fingerprint density at radius 3 is 2.89 bits per heavy atom. The van der Waals surface area contributed by atoms with Crippen LogP contribution in [-0.4, -0.2) is 25.0 Å². The molecule has 1 atom stereocenters. The topological polar surface area (TPSA) is 67.4 Å². The molecule has 1 aliphatic rings. The Kier molecular flexibility index (Phi) is 4.04. The molecule has 1 unspecified atom stereocenters. The number of methoxy groups -OCH3 is 1. The molecule has 0 spiro atoms. The SMILES string of the molecule is CCc1cc(NC(=O)C2CCC(=O)N2)ccc1OC. The van der Waals surface area contributed by atoms with Gasteiger partial charge in [-0.25, -0.2) is 0 Å². The van der Waals surface area contributed by atoms with Crippen molar-refractivity contribution in [2.24, 2.45) is 0 Å². The largest absolute Gasteiger partial charge is 0.496 e. The van der Waals surface area contributed by atoms with Crippen molar-refractivity contribution < 1.29 is 14.3 Å². The first-order valence-electron chi connectivity index (χ1n) is 6.41. The minimum absolute atomic E-state index is 0.0656. The van der Waals surface area contributed by atoms with Crippen LogP contribution in [-0.2, 0) is 16.0 Å². The summed E-state index contributed by atoms with van der Waals surface area (Å²) in [5, 5.41) is 5.47. The smallest absolute Gasteiger partial charge is 0.246 e. The molecule has 2 amide bonds. The lowest BCUT2D eigenvalue weighted by molar-refractivity contribution is -0.122. The number of benzene rings is 1. The second-order valence-electron chi connectivity index (χ2n) is 4.53. The molecule has 1 heterocycles. The first-order chi connectivity index (χ1) is 9.13. The lowest BCUT2D eigenvalue weighted by atomic mass is 10.1. The summed E-state index contributed by atoms with van der Waals surface area (Å²) in [7, 11) is 1.63. The van der Waals surface area contributed by atoms with Crippen molar-refractivity contribution in [3.05, 3.63) is 23.8 Å². The zero-order chi connectivity index (χ0) is 13.8. The summed E-state index contributed by atoms with van der Waals surface area (Å²) in [5.41, 5.74) is 1.76. The molecule has 1 saturated heterocycles. The van der Waals surface area contributed by atoms with Gasteiger partial charge in [-0.05, 0) is 36.6 Å². The fourth-order valence-electron chi connectivity index (χ4n) is 2.17. The van der Waals surface area contributed by atoms with Crippen LogP contribution in [0.15, 0.2) is 18.2 Å². The number of hydrogen-bond acceptors (Lipinski definition) is 3. The molecule has 0 bridgehead atoms. The summed E-state index contributed by atoms with van der Waals surface area (Å²) in [6, 6.07) is 5.11. The molecule has 5 nitrogen and oxygen atoms in total. The molecule has 19 heavy (non-hydrogen) atoms. The van der Waals surface area contributed by atoms with Gasteiger partial charge in [-0.15, -0.1) is 0 Å². The van der Waals surface area contributed by atoms with Crippen LogP contribution in [0.1, 0.15) is 25.3 Å². The Labute approximate surface area is 112 Å². The molecular formula is C14H18N2O3. The van der Waals surface area contributed by atoms with Crippen LogP contribution in [0.4, 0.5) is 5.69 Å². The van der Waals surface area contributed by atoms with Crippen molar-refractivity contribution in [3.8, 4) is 5.75 Å². The van der Waals surface area contributed by atoms with Crippen molar-refractivity contribution in [1.29, 1.82) is 0 Å². The Bertz CT molecular complexity index is 499. The van der Waals surface area contributed by atoms with Gasteiger partial charge in [-0.2, -0.15) is 0 Å². The third kappa shape index (κ3) is 3.05. The molecule has 0 aliphatic carbocycles. The summed E-state index contributed by atoms with van der Waals surface area (Å²) in [4.78, 5) is 23.0. The van der Waals surface area contributed by atoms with Gasteiger partial charge in [0.1, 0.15) is 11.8 Å². The van der Waals surface area contributed by atoms with Crippen molar-refractivity contribution in [1.82, 2.24) is 5.32 Å². The van der Waals surface area contributed by atoms with Crippen LogP contribution >= 0.6 is 0 Å². The molecule has 1 aromatic rings. The van der Waals surface area contributed by atoms with Gasteiger partial charge >= 0.3 is 0 Å². The maximum atomic E-state index is 12.0. The number of ether oxygens (including phenoxy) is 1. The number of carbonyl (C=O) groups is 2. The van der Waals surface area contributed by atoms with Crippen LogP contribution in [0, 0.1) is 0 Å². The lowest BCUT2D eigenvalue weighted by Crippen LogP contribution is -2.37. The van der Waals surface area contributed by atoms with Crippen molar-refractivity contribution in [2.75, 3.05) is 12.4 Å². The molecule has 1 aromatic carbocycles. The zero-order valence-corrected chi connectivity index (χ0v) is 11.2. The van der Waals surface area contributed by atoms with Gasteiger partial charge in [-0.1, -0.05) is 6.92 Å². The molecule has 5 heteroatoms. The van der Waals surface area contributed by atoms with E-state index in [0.29, 0.717) is 12.8 Å². The second-order valence-corrected chi connectivity index (χ2v) is 4.53. The zero-order valence-electron chi connectivity index (χ0n) is 11.2. The van der Waals surface area contributed by atoms with Gasteiger partial charge in [0, 0.05) is 12.1 Å². The Morgan fingerprint density at radius 2 is 2.32 bits per heavy atom. The fraction of sp³-hybridized carbons (Fsp3) is 0.429. The number of aryl methyl sites for hydroxylation is 1. The molecule has 0 radical (unpaired) electrons. The van der Waals surface area contributed by atoms with Gasteiger partial charge < -0.3 is 15.4 Å². The highest BCUT2D eigenvalue weighted by Gasteiger charge is 2.27. The second kappa shape index (κ2) is 5.73. The van der Waals surface area contributed by atoms with Crippen LogP contribution < -0.4 is 15.4 Å². The van der Waals surface area contributed by atoms with Gasteiger partial charge in [0.25, 0.3) is 0 Å². The molecule has 0 aromatic heterocycles. The van der Waals surface area contributed by atoms with E-state index in [1.807, 2.05) is 19.1 Å². The van der Waals surface area contributed by atoms with E-state index in [9.17, 15) is 9.59 Å². The minimum atomic E-state index is -0.417. The summed E-state index contributed by atoms with van der Waals surface area (Å²) >= 11 is 0. The highest BCUT2D eigenvalue weighted by atomic mass is 16.5. The van der Waals surface area contributed by atoms with Crippen molar-refractivity contribution >= 4 is 17.5 Å². The molecule has 2 N–H and O–H groups in total. The van der Waals surface area contributed by atoms with Crippen molar-refractivity contribution in [3.63, 3.8) is 0 Å². The molecule has 2 rings (SSSR count). The summed E-state index contributed by atoms with van der Waals surface area (Å²) in [6.07, 6.45) is 1.80. The quantitative estimate of drug-likeness (QED) is 0.863. The van der Waals surface area contributed by atoms with E-state index in [-0.39, 0.29) is 11.8 Å². The molecule has 1 aliphatic heterocycles. The van der Waals surface area contributed by atoms with E-state index in [1.54, 1.807) is 13.2 Å². The Morgan fingerprint density at radius 1 is 1.53 bits per heavy atom. The monoisotopic (exact) mass is 262 g/mol. The van der Waals surface area contributed by atoms with E-state index < -0.39 is 6.04 Å². The average Bonchev–Trinajstić information content (AvgIpc) is 2.85. The van der Waals surface area contributed by atoms with Gasteiger partial charge in [0.15, 0.2) is 0 Å². The third-order valence-electron chi connectivity index (χ3n) is 3.24. The average molecular weight is 262 g/mol. The first-order valence-corrected chi connectivity index (χ1v) is 6.41. The molecule has 1 fully saturated rings. The summed E-state index contributed by atoms with van der Waals surface area (Å²) < 4.78 is 5.24. The van der Waals surface area contributed by atoms with Crippen molar-refractivity contribution in [2.45, 2.75) is 32.2 Å². The van der Waals surface area contributed by atoms with E-state index in [4.69, 9.17) is 4.74 Å². The number of hydrogen-bond donors (Lipinski definition) is 2. The number of rotatable bonds is 4. The highest BCUT2D eigenvalue weighted by Crippen LogP contribution is 2.23. The third-order valence-corrected chi connectivity index (χ3v) is 3.24. The van der Waals surface area contributed by atoms with Gasteiger partial charge in [-0.3, -0.25) is 9.59 Å². The standard InChI is InChI=1S/C14H18N2O3/c1-3-9-8-10(4-6-12(9)19-2)15-14(18)11-5-7-13(17)16-11/h4,6,8,11H,3,5,7H2,1-2H3,(H,15,18)(H,16,17). The predicted molar refractivity (Wildman–Crippen MR) is 72.2 cm³/mol. The van der Waals surface area contributed by atoms with Gasteiger partial charge in [0.05, 0.1) is 7.11 Å². The number of amides is 2. The first kappa shape index (κ1) is 13.4. The fourth-order valence-corrected chi connectivity index (χ4v) is 2.17. The van der Waals surface area contributed by atoms with E-state index in [0.717, 1.165) is 23.4 Å². The van der Waals surface area contributed by atoms with E-state index >= 15 is 0 Å². The van der Waals surface area contributed by atoms with Crippen LogP contribution in [0.2, 0.25) is 0 Å². The predicted octanol–water partition coefficient (Wildman–Crippen LogP) is 1.47. The highest BCUT2D eigenvalue weighted by molar-refractivity contribution is 5.99. The number of anilines is 1. The Balaban J connectivity index is 2.06. The van der Waals surface area contributed by atoms with Crippen LogP contribution in [0.5, 0.6) is 5.75 Å². The normalized spacial score (nSPS) is 18.0. The van der Waals surface area contributed by atoms with Crippen LogP contribution in [0.3, 0.4) is 0 Å². The van der Waals surface area contributed by atoms with E-state index in [1.165, 1.54) is 0 Å². The maximum absolute atomic E-state index is 12.0. The van der Waals surface area contributed by atoms with Crippen LogP contribution in [0.25, 0.3) is 0 Å². The molecule has 102 valence electrons. The maximum Gasteiger partial charge on any atom is 0.246 e.